The maximum atomic E-state index is 4.29. The Hall–Kier alpha value is -1.29. The van der Waals surface area contributed by atoms with E-state index < -0.39 is 0 Å². The van der Waals surface area contributed by atoms with Gasteiger partial charge in [0.15, 0.2) is 0 Å². The molecule has 82 valence electrons. The third-order valence-electron chi connectivity index (χ3n) is 3.01. The third-order valence-corrected chi connectivity index (χ3v) is 3.42. The molecular weight excluding hydrogens is 266 g/mol. The Bertz CT molecular complexity index is 533. The molecule has 4 heteroatoms. The molecule has 0 saturated heterocycles. The number of rotatable bonds is 1. The predicted octanol–water partition coefficient (Wildman–Crippen LogP) is 2.63. The summed E-state index contributed by atoms with van der Waals surface area (Å²) in [5.74, 6) is 0. The molecule has 1 aromatic carbocycles. The van der Waals surface area contributed by atoms with Crippen LogP contribution in [0.4, 0.5) is 5.69 Å². The second kappa shape index (κ2) is 3.63. The van der Waals surface area contributed by atoms with Crippen molar-refractivity contribution in [2.45, 2.75) is 6.42 Å². The highest BCUT2D eigenvalue weighted by Gasteiger charge is 2.15. The first-order chi connectivity index (χ1) is 7.74. The Balaban J connectivity index is 2.05. The highest BCUT2D eigenvalue weighted by atomic mass is 79.9. The molecule has 0 unspecified atom stereocenters. The van der Waals surface area contributed by atoms with Crippen LogP contribution in [0.5, 0.6) is 0 Å². The topological polar surface area (TPSA) is 21.1 Å². The Morgan fingerprint density at radius 2 is 2.25 bits per heavy atom. The van der Waals surface area contributed by atoms with Gasteiger partial charge in [-0.05, 0) is 46.1 Å². The summed E-state index contributed by atoms with van der Waals surface area (Å²) in [5.41, 5.74) is 3.88. The Morgan fingerprint density at radius 1 is 1.38 bits per heavy atom. The van der Waals surface area contributed by atoms with Crippen molar-refractivity contribution in [3.8, 4) is 5.69 Å². The van der Waals surface area contributed by atoms with Crippen molar-refractivity contribution in [3.63, 3.8) is 0 Å². The maximum Gasteiger partial charge on any atom is 0.0650 e. The molecule has 0 atom stereocenters. The molecule has 0 bridgehead atoms. The number of nitrogens with zero attached hydrogens (tertiary/aromatic N) is 3. The fourth-order valence-electron chi connectivity index (χ4n) is 2.14. The summed E-state index contributed by atoms with van der Waals surface area (Å²) in [6.45, 7) is 1.11. The zero-order chi connectivity index (χ0) is 11.1. The average molecular weight is 278 g/mol. The Labute approximate surface area is 103 Å². The standard InChI is InChI=1S/C12H12BrN3/c1-15-5-4-9-6-11(2-3-12(9)15)16-8-10(13)7-14-16/h2-3,6-8H,4-5H2,1H3. The van der Waals surface area contributed by atoms with Gasteiger partial charge >= 0.3 is 0 Å². The predicted molar refractivity (Wildman–Crippen MR) is 68.2 cm³/mol. The maximum absolute atomic E-state index is 4.29. The zero-order valence-corrected chi connectivity index (χ0v) is 10.6. The first-order valence-electron chi connectivity index (χ1n) is 5.28. The molecule has 1 aliphatic heterocycles. The van der Waals surface area contributed by atoms with E-state index in [2.05, 4.69) is 51.2 Å². The summed E-state index contributed by atoms with van der Waals surface area (Å²) in [5, 5.41) is 4.29. The van der Waals surface area contributed by atoms with E-state index >= 15 is 0 Å². The van der Waals surface area contributed by atoms with E-state index in [9.17, 15) is 0 Å². The molecule has 16 heavy (non-hydrogen) atoms. The van der Waals surface area contributed by atoms with Crippen LogP contribution < -0.4 is 4.90 Å². The first-order valence-corrected chi connectivity index (χ1v) is 6.08. The highest BCUT2D eigenvalue weighted by molar-refractivity contribution is 9.10. The van der Waals surface area contributed by atoms with Crippen molar-refractivity contribution in [1.82, 2.24) is 9.78 Å². The molecule has 3 nitrogen and oxygen atoms in total. The molecule has 0 fully saturated rings. The van der Waals surface area contributed by atoms with Crippen molar-refractivity contribution in [2.24, 2.45) is 0 Å². The normalized spacial score (nSPS) is 14.2. The smallest absolute Gasteiger partial charge is 0.0650 e. The van der Waals surface area contributed by atoms with E-state index in [0.717, 1.165) is 23.1 Å². The molecule has 0 radical (unpaired) electrons. The molecule has 0 amide bonds. The lowest BCUT2D eigenvalue weighted by Crippen LogP contribution is -2.12. The van der Waals surface area contributed by atoms with Crippen LogP contribution in [-0.2, 0) is 6.42 Å². The highest BCUT2D eigenvalue weighted by Crippen LogP contribution is 2.28. The number of likely N-dealkylation sites (N-methyl/N-ethyl adjacent to an activating group) is 1. The Kier molecular flexibility index (Phi) is 2.24. The van der Waals surface area contributed by atoms with Crippen LogP contribution in [0.1, 0.15) is 5.56 Å². The summed E-state index contributed by atoms with van der Waals surface area (Å²) in [4.78, 5) is 2.29. The van der Waals surface area contributed by atoms with E-state index in [1.54, 1.807) is 6.20 Å². The zero-order valence-electron chi connectivity index (χ0n) is 9.02. The lowest BCUT2D eigenvalue weighted by molar-refractivity contribution is 0.878. The van der Waals surface area contributed by atoms with Crippen LogP contribution >= 0.6 is 15.9 Å². The van der Waals surface area contributed by atoms with Crippen molar-refractivity contribution < 1.29 is 0 Å². The molecule has 0 aliphatic carbocycles. The van der Waals surface area contributed by atoms with Crippen LogP contribution in [0.2, 0.25) is 0 Å². The third kappa shape index (κ3) is 1.53. The molecule has 2 aromatic rings. The lowest BCUT2D eigenvalue weighted by Gasteiger charge is -2.12. The lowest BCUT2D eigenvalue weighted by atomic mass is 10.1. The van der Waals surface area contributed by atoms with Gasteiger partial charge < -0.3 is 4.90 Å². The molecule has 0 spiro atoms. The number of fused-ring (bicyclic) bond motifs is 1. The fraction of sp³-hybridized carbons (Fsp3) is 0.250. The molecular formula is C12H12BrN3. The van der Waals surface area contributed by atoms with Crippen LogP contribution in [-0.4, -0.2) is 23.4 Å². The number of halogens is 1. The van der Waals surface area contributed by atoms with Gasteiger partial charge in [-0.2, -0.15) is 5.10 Å². The SMILES string of the molecule is CN1CCc2cc(-n3cc(Br)cn3)ccc21. The number of hydrogen-bond acceptors (Lipinski definition) is 2. The van der Waals surface area contributed by atoms with Gasteiger partial charge in [-0.3, -0.25) is 0 Å². The van der Waals surface area contributed by atoms with E-state index in [0.29, 0.717) is 0 Å². The summed E-state index contributed by atoms with van der Waals surface area (Å²) < 4.78 is 2.90. The van der Waals surface area contributed by atoms with Gasteiger partial charge in [0.25, 0.3) is 0 Å². The van der Waals surface area contributed by atoms with E-state index in [-0.39, 0.29) is 0 Å². The molecule has 1 aliphatic rings. The van der Waals surface area contributed by atoms with E-state index in [1.165, 1.54) is 11.3 Å². The van der Waals surface area contributed by atoms with Crippen molar-refractivity contribution in [2.75, 3.05) is 18.5 Å². The molecule has 1 aromatic heterocycles. The van der Waals surface area contributed by atoms with E-state index in [4.69, 9.17) is 0 Å². The largest absolute Gasteiger partial charge is 0.374 e. The van der Waals surface area contributed by atoms with Crippen LogP contribution in [0.25, 0.3) is 5.69 Å². The van der Waals surface area contributed by atoms with Crippen LogP contribution in [0.3, 0.4) is 0 Å². The number of aromatic nitrogens is 2. The molecule has 0 saturated carbocycles. The van der Waals surface area contributed by atoms with Gasteiger partial charge in [-0.1, -0.05) is 0 Å². The van der Waals surface area contributed by atoms with Crippen LogP contribution in [0.15, 0.2) is 35.1 Å². The minimum atomic E-state index is 1.00. The van der Waals surface area contributed by atoms with E-state index in [1.807, 2.05) is 10.9 Å². The number of anilines is 1. The second-order valence-corrected chi connectivity index (χ2v) is 5.00. The summed E-state index contributed by atoms with van der Waals surface area (Å²) in [6.07, 6.45) is 4.90. The minimum absolute atomic E-state index is 1.00. The Morgan fingerprint density at radius 3 is 3.00 bits per heavy atom. The minimum Gasteiger partial charge on any atom is -0.374 e. The molecule has 0 N–H and O–H groups in total. The molecule has 2 heterocycles. The van der Waals surface area contributed by atoms with Gasteiger partial charge in [0.2, 0.25) is 0 Å². The van der Waals surface area contributed by atoms with Gasteiger partial charge in [0, 0.05) is 25.5 Å². The number of hydrogen-bond donors (Lipinski definition) is 0. The number of benzene rings is 1. The van der Waals surface area contributed by atoms with Gasteiger partial charge in [0.05, 0.1) is 16.4 Å². The second-order valence-electron chi connectivity index (χ2n) is 4.09. The quantitative estimate of drug-likeness (QED) is 0.799. The fourth-order valence-corrected chi connectivity index (χ4v) is 2.42. The average Bonchev–Trinajstić information content (AvgIpc) is 2.86. The first kappa shape index (κ1) is 9.90. The summed E-state index contributed by atoms with van der Waals surface area (Å²) in [7, 11) is 2.13. The monoisotopic (exact) mass is 277 g/mol. The van der Waals surface area contributed by atoms with Crippen molar-refractivity contribution in [3.05, 3.63) is 40.6 Å². The van der Waals surface area contributed by atoms with Gasteiger partial charge in [-0.15, -0.1) is 0 Å². The summed E-state index contributed by atoms with van der Waals surface area (Å²) >= 11 is 3.41. The van der Waals surface area contributed by atoms with Gasteiger partial charge in [-0.25, -0.2) is 4.68 Å². The van der Waals surface area contributed by atoms with Crippen molar-refractivity contribution >= 4 is 21.6 Å². The van der Waals surface area contributed by atoms with Crippen molar-refractivity contribution in [1.29, 1.82) is 0 Å². The van der Waals surface area contributed by atoms with Crippen LogP contribution in [0, 0.1) is 0 Å². The van der Waals surface area contributed by atoms with Gasteiger partial charge in [0.1, 0.15) is 0 Å². The summed E-state index contributed by atoms with van der Waals surface area (Å²) in [6, 6.07) is 6.51. The molecule has 3 rings (SSSR count).